The molecule has 128 valence electrons. The van der Waals surface area contributed by atoms with Crippen molar-refractivity contribution in [1.82, 2.24) is 10.2 Å². The molecule has 1 saturated heterocycles. The van der Waals surface area contributed by atoms with E-state index in [4.69, 9.17) is 5.26 Å². The quantitative estimate of drug-likeness (QED) is 0.879. The van der Waals surface area contributed by atoms with Gasteiger partial charge in [-0.1, -0.05) is 42.5 Å². The molecular formula is C20H22N4O. The van der Waals surface area contributed by atoms with Gasteiger partial charge in [-0.15, -0.1) is 0 Å². The molecule has 5 nitrogen and oxygen atoms in total. The first-order chi connectivity index (χ1) is 12.3. The van der Waals surface area contributed by atoms with Gasteiger partial charge in [-0.2, -0.15) is 5.26 Å². The van der Waals surface area contributed by atoms with E-state index < -0.39 is 0 Å². The molecule has 0 aromatic heterocycles. The Morgan fingerprint density at radius 1 is 1.08 bits per heavy atom. The van der Waals surface area contributed by atoms with Crippen LogP contribution in [0.3, 0.4) is 0 Å². The van der Waals surface area contributed by atoms with Crippen LogP contribution < -0.4 is 10.6 Å². The van der Waals surface area contributed by atoms with Gasteiger partial charge in [0.15, 0.2) is 0 Å². The number of carbonyl (C=O) groups is 1. The van der Waals surface area contributed by atoms with Gasteiger partial charge in [0.25, 0.3) is 0 Å². The summed E-state index contributed by atoms with van der Waals surface area (Å²) >= 11 is 0. The minimum atomic E-state index is -0.289. The first-order valence-electron chi connectivity index (χ1n) is 8.61. The number of nitriles is 1. The molecule has 25 heavy (non-hydrogen) atoms. The number of carbonyl (C=O) groups excluding carboxylic acids is 1. The van der Waals surface area contributed by atoms with Crippen molar-refractivity contribution in [2.45, 2.75) is 18.9 Å². The Bertz CT molecular complexity index is 748. The molecule has 1 heterocycles. The fourth-order valence-corrected chi connectivity index (χ4v) is 3.23. The van der Waals surface area contributed by atoms with Crippen LogP contribution in [0.1, 0.15) is 30.0 Å². The minimum absolute atomic E-state index is 0.167. The molecule has 0 spiro atoms. The number of para-hydroxylation sites is 1. The van der Waals surface area contributed by atoms with E-state index in [0.29, 0.717) is 17.8 Å². The maximum atomic E-state index is 12.3. The highest BCUT2D eigenvalue weighted by atomic mass is 16.2. The third-order valence-electron chi connectivity index (χ3n) is 4.52. The first kappa shape index (κ1) is 17.0. The Morgan fingerprint density at radius 2 is 1.76 bits per heavy atom. The lowest BCUT2D eigenvalue weighted by atomic mass is 10.1. The molecule has 2 aromatic carbocycles. The summed E-state index contributed by atoms with van der Waals surface area (Å²) in [5, 5.41) is 14.8. The van der Waals surface area contributed by atoms with Crippen LogP contribution in [0.15, 0.2) is 54.6 Å². The number of benzene rings is 2. The van der Waals surface area contributed by atoms with Crippen molar-refractivity contribution in [2.24, 2.45) is 0 Å². The Morgan fingerprint density at radius 3 is 2.48 bits per heavy atom. The molecular weight excluding hydrogens is 312 g/mol. The number of nitrogens with zero attached hydrogens (tertiary/aromatic N) is 2. The van der Waals surface area contributed by atoms with Gasteiger partial charge < -0.3 is 10.6 Å². The van der Waals surface area contributed by atoms with Crippen LogP contribution in [0.2, 0.25) is 0 Å². The molecule has 0 bridgehead atoms. The Kier molecular flexibility index (Phi) is 5.65. The maximum absolute atomic E-state index is 12.3. The standard InChI is InChI=1S/C20H22N4O/c21-14-17-10-4-5-11-18(17)23-20(25)22-15-19(24-12-6-7-13-24)16-8-2-1-3-9-16/h1-5,8-11,19H,6-7,12-13,15H2,(H2,22,23,25). The molecule has 5 heteroatoms. The monoisotopic (exact) mass is 334 g/mol. The van der Waals surface area contributed by atoms with Gasteiger partial charge in [-0.25, -0.2) is 4.79 Å². The predicted molar refractivity (Wildman–Crippen MR) is 98.2 cm³/mol. The highest BCUT2D eigenvalue weighted by Gasteiger charge is 2.23. The summed E-state index contributed by atoms with van der Waals surface area (Å²) in [6, 6.07) is 19.2. The van der Waals surface area contributed by atoms with Gasteiger partial charge in [-0.3, -0.25) is 4.90 Å². The lowest BCUT2D eigenvalue weighted by molar-refractivity contribution is 0.227. The van der Waals surface area contributed by atoms with Gasteiger partial charge >= 0.3 is 6.03 Å². The molecule has 0 saturated carbocycles. The SMILES string of the molecule is N#Cc1ccccc1NC(=O)NCC(c1ccccc1)N1CCCC1. The number of likely N-dealkylation sites (tertiary alicyclic amines) is 1. The molecule has 1 unspecified atom stereocenters. The van der Waals surface area contributed by atoms with Crippen molar-refractivity contribution in [2.75, 3.05) is 25.0 Å². The van der Waals surface area contributed by atoms with Crippen molar-refractivity contribution in [3.05, 3.63) is 65.7 Å². The van der Waals surface area contributed by atoms with E-state index in [0.717, 1.165) is 13.1 Å². The second-order valence-electron chi connectivity index (χ2n) is 6.16. The molecule has 3 rings (SSSR count). The summed E-state index contributed by atoms with van der Waals surface area (Å²) in [5.74, 6) is 0. The van der Waals surface area contributed by atoms with Gasteiger partial charge in [0, 0.05) is 6.54 Å². The topological polar surface area (TPSA) is 68.2 Å². The van der Waals surface area contributed by atoms with E-state index in [1.165, 1.54) is 18.4 Å². The number of nitrogens with one attached hydrogen (secondary N) is 2. The molecule has 2 N–H and O–H groups in total. The van der Waals surface area contributed by atoms with Crippen LogP contribution in [0.25, 0.3) is 0 Å². The predicted octanol–water partition coefficient (Wildman–Crippen LogP) is 3.52. The lowest BCUT2D eigenvalue weighted by Crippen LogP contribution is -2.38. The maximum Gasteiger partial charge on any atom is 0.319 e. The summed E-state index contributed by atoms with van der Waals surface area (Å²) < 4.78 is 0. The van der Waals surface area contributed by atoms with Crippen molar-refractivity contribution in [3.8, 4) is 6.07 Å². The molecule has 1 fully saturated rings. The van der Waals surface area contributed by atoms with Gasteiger partial charge in [0.1, 0.15) is 6.07 Å². The van der Waals surface area contributed by atoms with Crippen LogP contribution in [0, 0.1) is 11.3 Å². The zero-order chi connectivity index (χ0) is 17.5. The van der Waals surface area contributed by atoms with Gasteiger partial charge in [0.2, 0.25) is 0 Å². The number of hydrogen-bond acceptors (Lipinski definition) is 3. The normalized spacial score (nSPS) is 15.3. The zero-order valence-corrected chi connectivity index (χ0v) is 14.1. The summed E-state index contributed by atoms with van der Waals surface area (Å²) in [5.41, 5.74) is 2.19. The molecule has 2 amide bonds. The van der Waals surface area contributed by atoms with Crippen molar-refractivity contribution >= 4 is 11.7 Å². The Labute approximate surface area is 148 Å². The molecule has 0 aliphatic carbocycles. The smallest absolute Gasteiger partial charge is 0.319 e. The summed E-state index contributed by atoms with van der Waals surface area (Å²) in [6.45, 7) is 2.64. The average molecular weight is 334 g/mol. The molecule has 1 atom stereocenters. The lowest BCUT2D eigenvalue weighted by Gasteiger charge is -2.28. The average Bonchev–Trinajstić information content (AvgIpc) is 3.18. The third-order valence-corrected chi connectivity index (χ3v) is 4.52. The van der Waals surface area contributed by atoms with Crippen molar-refractivity contribution in [1.29, 1.82) is 5.26 Å². The van der Waals surface area contributed by atoms with Crippen LogP contribution in [0.4, 0.5) is 10.5 Å². The Balaban J connectivity index is 1.64. The molecule has 2 aromatic rings. The minimum Gasteiger partial charge on any atom is -0.336 e. The van der Waals surface area contributed by atoms with E-state index in [1.54, 1.807) is 24.3 Å². The fourth-order valence-electron chi connectivity index (χ4n) is 3.23. The van der Waals surface area contributed by atoms with E-state index in [9.17, 15) is 4.79 Å². The number of amides is 2. The van der Waals surface area contributed by atoms with E-state index in [2.05, 4.69) is 33.7 Å². The van der Waals surface area contributed by atoms with E-state index in [-0.39, 0.29) is 12.1 Å². The number of anilines is 1. The Hall–Kier alpha value is -2.84. The number of urea groups is 1. The highest BCUT2D eigenvalue weighted by molar-refractivity contribution is 5.90. The van der Waals surface area contributed by atoms with Crippen LogP contribution in [-0.2, 0) is 0 Å². The number of hydrogen-bond donors (Lipinski definition) is 2. The van der Waals surface area contributed by atoms with Crippen molar-refractivity contribution in [3.63, 3.8) is 0 Å². The van der Waals surface area contributed by atoms with Crippen LogP contribution in [-0.4, -0.2) is 30.6 Å². The van der Waals surface area contributed by atoms with Crippen LogP contribution >= 0.6 is 0 Å². The summed E-state index contributed by atoms with van der Waals surface area (Å²) in [6.07, 6.45) is 2.40. The van der Waals surface area contributed by atoms with Crippen LogP contribution in [0.5, 0.6) is 0 Å². The fraction of sp³-hybridized carbons (Fsp3) is 0.300. The summed E-state index contributed by atoms with van der Waals surface area (Å²) in [4.78, 5) is 14.7. The summed E-state index contributed by atoms with van der Waals surface area (Å²) in [7, 11) is 0. The molecule has 1 aliphatic rings. The number of rotatable bonds is 5. The largest absolute Gasteiger partial charge is 0.336 e. The van der Waals surface area contributed by atoms with E-state index in [1.807, 2.05) is 18.2 Å². The second-order valence-corrected chi connectivity index (χ2v) is 6.16. The van der Waals surface area contributed by atoms with Crippen molar-refractivity contribution < 1.29 is 4.79 Å². The second kappa shape index (κ2) is 8.32. The highest BCUT2D eigenvalue weighted by Crippen LogP contribution is 2.24. The third kappa shape index (κ3) is 4.37. The van der Waals surface area contributed by atoms with Gasteiger partial charge in [-0.05, 0) is 43.6 Å². The molecule has 1 aliphatic heterocycles. The zero-order valence-electron chi connectivity index (χ0n) is 14.1. The van der Waals surface area contributed by atoms with Gasteiger partial charge in [0.05, 0.1) is 17.3 Å². The molecule has 0 radical (unpaired) electrons. The van der Waals surface area contributed by atoms with E-state index >= 15 is 0 Å². The first-order valence-corrected chi connectivity index (χ1v) is 8.61.